The minimum absolute atomic E-state index is 0.182. The molecule has 0 heterocycles. The van der Waals surface area contributed by atoms with Crippen molar-refractivity contribution < 1.29 is 33.7 Å². The average Bonchev–Trinajstić information content (AvgIpc) is 2.88. The fourth-order valence-electron chi connectivity index (χ4n) is 3.77. The van der Waals surface area contributed by atoms with Gasteiger partial charge < -0.3 is 19.3 Å². The van der Waals surface area contributed by atoms with Gasteiger partial charge in [-0.25, -0.2) is 4.79 Å². The van der Waals surface area contributed by atoms with Crippen molar-refractivity contribution >= 4 is 17.8 Å². The molecule has 0 bridgehead atoms. The van der Waals surface area contributed by atoms with Crippen LogP contribution in [-0.2, 0) is 11.2 Å². The lowest BCUT2D eigenvalue weighted by molar-refractivity contribution is -0.121. The molecular formula is C28H29NO7. The smallest absolute Gasteiger partial charge is 0.411 e. The van der Waals surface area contributed by atoms with E-state index in [1.807, 2.05) is 18.3 Å². The molecule has 0 aliphatic carbocycles. The van der Waals surface area contributed by atoms with Gasteiger partial charge in [-0.2, -0.15) is 0 Å². The zero-order valence-corrected chi connectivity index (χ0v) is 20.7. The highest BCUT2D eigenvalue weighted by atomic mass is 16.5. The van der Waals surface area contributed by atoms with Crippen molar-refractivity contribution in [2.45, 2.75) is 32.6 Å². The first-order valence-corrected chi connectivity index (χ1v) is 11.5. The van der Waals surface area contributed by atoms with E-state index >= 15 is 0 Å². The molecule has 0 aromatic heterocycles. The number of methoxy groups -OCH3 is 2. The van der Waals surface area contributed by atoms with Crippen molar-refractivity contribution in [3.8, 4) is 23.0 Å². The Kier molecular flexibility index (Phi) is 8.67. The Balaban J connectivity index is 1.88. The maximum Gasteiger partial charge on any atom is 0.411 e. The van der Waals surface area contributed by atoms with Crippen LogP contribution in [0.15, 0.2) is 60.7 Å². The maximum absolute atomic E-state index is 13.3. The number of ketones is 1. The second-order valence-electron chi connectivity index (χ2n) is 8.16. The molecule has 1 atom stereocenters. The van der Waals surface area contributed by atoms with Crippen molar-refractivity contribution in [2.24, 2.45) is 0 Å². The Morgan fingerprint density at radius 2 is 1.69 bits per heavy atom. The zero-order valence-electron chi connectivity index (χ0n) is 20.7. The Morgan fingerprint density at radius 3 is 2.36 bits per heavy atom. The van der Waals surface area contributed by atoms with Gasteiger partial charge in [-0.05, 0) is 66.9 Å². The third kappa shape index (κ3) is 6.21. The molecular weight excluding hydrogens is 462 g/mol. The largest absolute Gasteiger partial charge is 0.497 e. The van der Waals surface area contributed by atoms with Gasteiger partial charge in [-0.1, -0.05) is 25.5 Å². The monoisotopic (exact) mass is 491 g/mol. The molecule has 188 valence electrons. The van der Waals surface area contributed by atoms with Crippen molar-refractivity contribution in [2.75, 3.05) is 14.2 Å². The number of benzene rings is 3. The molecule has 0 radical (unpaired) electrons. The number of carbonyl (C=O) groups excluding carboxylic acids is 2. The van der Waals surface area contributed by atoms with E-state index < -0.39 is 17.9 Å². The quantitative estimate of drug-likeness (QED) is 0.356. The van der Waals surface area contributed by atoms with E-state index in [1.54, 1.807) is 68.6 Å². The van der Waals surface area contributed by atoms with E-state index in [9.17, 15) is 14.4 Å². The minimum Gasteiger partial charge on any atom is -0.497 e. The summed E-state index contributed by atoms with van der Waals surface area (Å²) >= 11 is 0. The molecule has 3 rings (SSSR count). The second kappa shape index (κ2) is 11.9. The van der Waals surface area contributed by atoms with E-state index in [2.05, 4.69) is 0 Å². The highest BCUT2D eigenvalue weighted by molar-refractivity contribution is 6.11. The molecule has 0 spiro atoms. The van der Waals surface area contributed by atoms with Crippen LogP contribution in [0.4, 0.5) is 4.79 Å². The number of carboxylic acid groups (broad SMARTS) is 1. The van der Waals surface area contributed by atoms with Gasteiger partial charge in [0.25, 0.3) is 0 Å². The molecule has 2 N–H and O–H groups in total. The Morgan fingerprint density at radius 1 is 0.917 bits per heavy atom. The lowest BCUT2D eigenvalue weighted by Gasteiger charge is -2.15. The van der Waals surface area contributed by atoms with Crippen LogP contribution in [0.5, 0.6) is 23.0 Å². The zero-order chi connectivity index (χ0) is 26.2. The minimum atomic E-state index is -1.40. The first-order chi connectivity index (χ1) is 17.3. The lowest BCUT2D eigenvalue weighted by atomic mass is 9.98. The van der Waals surface area contributed by atoms with Gasteiger partial charge in [-0.15, -0.1) is 0 Å². The van der Waals surface area contributed by atoms with Crippen LogP contribution >= 0.6 is 0 Å². The van der Waals surface area contributed by atoms with Crippen LogP contribution in [-0.4, -0.2) is 37.1 Å². The summed E-state index contributed by atoms with van der Waals surface area (Å²) in [5.74, 6) is 0.622. The molecule has 3 aromatic carbocycles. The molecule has 3 aromatic rings. The van der Waals surface area contributed by atoms with Gasteiger partial charge in [0.1, 0.15) is 23.0 Å². The number of ether oxygens (including phenoxy) is 3. The van der Waals surface area contributed by atoms with Crippen molar-refractivity contribution in [3.63, 3.8) is 0 Å². The van der Waals surface area contributed by atoms with Gasteiger partial charge in [0.15, 0.2) is 5.78 Å². The predicted molar refractivity (Wildman–Crippen MR) is 135 cm³/mol. The molecule has 2 amide bonds. The molecule has 8 nitrogen and oxygen atoms in total. The van der Waals surface area contributed by atoms with Gasteiger partial charge >= 0.3 is 6.09 Å². The second-order valence-corrected chi connectivity index (χ2v) is 8.16. The summed E-state index contributed by atoms with van der Waals surface area (Å²) < 4.78 is 16.7. The summed E-state index contributed by atoms with van der Waals surface area (Å²) in [6.07, 6.45) is 0.130. The highest BCUT2D eigenvalue weighted by Crippen LogP contribution is 2.32. The molecule has 0 fully saturated rings. The summed E-state index contributed by atoms with van der Waals surface area (Å²) in [4.78, 5) is 36.1. The van der Waals surface area contributed by atoms with Crippen molar-refractivity contribution in [1.82, 2.24) is 5.32 Å². The van der Waals surface area contributed by atoms with E-state index in [4.69, 9.17) is 19.3 Å². The topological polar surface area (TPSA) is 111 Å². The molecule has 0 saturated heterocycles. The summed E-state index contributed by atoms with van der Waals surface area (Å²) in [7, 11) is 3.05. The summed E-state index contributed by atoms with van der Waals surface area (Å²) in [6, 6.07) is 17.3. The number of amides is 2. The fraction of sp³-hybridized carbons (Fsp3) is 0.250. The number of imide groups is 1. The normalized spacial score (nSPS) is 11.3. The van der Waals surface area contributed by atoms with Crippen LogP contribution in [0.25, 0.3) is 0 Å². The first-order valence-electron chi connectivity index (χ1n) is 11.5. The van der Waals surface area contributed by atoms with Gasteiger partial charge in [-0.3, -0.25) is 14.9 Å². The Labute approximate surface area is 209 Å². The maximum atomic E-state index is 13.3. The molecule has 0 aliphatic rings. The lowest BCUT2D eigenvalue weighted by Crippen LogP contribution is -2.32. The Hall–Kier alpha value is -4.33. The molecule has 0 aliphatic heterocycles. The van der Waals surface area contributed by atoms with Gasteiger partial charge in [0.05, 0.1) is 25.7 Å². The number of nitrogens with one attached hydrogen (secondary N) is 1. The first kappa shape index (κ1) is 26.3. The van der Waals surface area contributed by atoms with Crippen LogP contribution in [0.3, 0.4) is 0 Å². The van der Waals surface area contributed by atoms with Crippen LogP contribution in [0.2, 0.25) is 0 Å². The number of rotatable bonds is 10. The summed E-state index contributed by atoms with van der Waals surface area (Å²) in [6.45, 7) is 3.65. The average molecular weight is 492 g/mol. The Bertz CT molecular complexity index is 1270. The van der Waals surface area contributed by atoms with E-state index in [1.165, 1.54) is 7.11 Å². The van der Waals surface area contributed by atoms with E-state index in [-0.39, 0.29) is 5.78 Å². The van der Waals surface area contributed by atoms with Crippen LogP contribution < -0.4 is 19.5 Å². The molecule has 36 heavy (non-hydrogen) atoms. The molecule has 0 saturated carbocycles. The molecule has 8 heteroatoms. The van der Waals surface area contributed by atoms with Crippen molar-refractivity contribution in [3.05, 3.63) is 82.9 Å². The SMILES string of the molecule is CCCc1cc(C(=O)c2ccc(OC)cc2OC)ccc1Oc1cccc(C(C)C(=O)NC(=O)O)c1. The van der Waals surface area contributed by atoms with E-state index in [0.717, 1.165) is 12.0 Å². The molecule has 1 unspecified atom stereocenters. The van der Waals surface area contributed by atoms with Crippen molar-refractivity contribution in [1.29, 1.82) is 0 Å². The third-order valence-electron chi connectivity index (χ3n) is 5.70. The van der Waals surface area contributed by atoms with Gasteiger partial charge in [0.2, 0.25) is 5.91 Å². The number of carbonyl (C=O) groups is 3. The van der Waals surface area contributed by atoms with E-state index in [0.29, 0.717) is 46.1 Å². The number of hydrogen-bond acceptors (Lipinski definition) is 6. The summed E-state index contributed by atoms with van der Waals surface area (Å²) in [5, 5.41) is 10.7. The van der Waals surface area contributed by atoms with Crippen LogP contribution in [0, 0.1) is 0 Å². The number of aryl methyl sites for hydroxylation is 1. The third-order valence-corrected chi connectivity index (χ3v) is 5.70. The fourth-order valence-corrected chi connectivity index (χ4v) is 3.77. The van der Waals surface area contributed by atoms with Gasteiger partial charge in [0, 0.05) is 11.6 Å². The van der Waals surface area contributed by atoms with Crippen LogP contribution in [0.1, 0.15) is 53.2 Å². The standard InChI is InChI=1S/C28H29NO7/c1-5-7-19-14-20(26(30)23-12-11-21(34-3)16-25(23)35-4)10-13-24(19)36-22-9-6-8-18(15-22)17(2)27(31)29-28(32)33/h6,8-17H,5,7H2,1-4H3,(H,29,31)(H,32,33). The predicted octanol–water partition coefficient (Wildman–Crippen LogP) is 5.58. The summed E-state index contributed by atoms with van der Waals surface area (Å²) in [5.41, 5.74) is 2.40. The number of hydrogen-bond donors (Lipinski definition) is 2. The highest BCUT2D eigenvalue weighted by Gasteiger charge is 2.19.